The van der Waals surface area contributed by atoms with Crippen molar-refractivity contribution in [2.75, 3.05) is 32.0 Å². The summed E-state index contributed by atoms with van der Waals surface area (Å²) in [6, 6.07) is 0. The van der Waals surface area contributed by atoms with E-state index in [1.54, 1.807) is 0 Å². The Kier molecular flexibility index (Phi) is 18.6. The Balaban J connectivity index is 0. The van der Waals surface area contributed by atoms with Gasteiger partial charge < -0.3 is 9.47 Å². The lowest BCUT2D eigenvalue weighted by Crippen LogP contribution is -2.36. The first kappa shape index (κ1) is 29.8. The highest BCUT2D eigenvalue weighted by molar-refractivity contribution is 8.77. The van der Waals surface area contributed by atoms with E-state index < -0.39 is 5.60 Å². The topological polar surface area (TPSA) is 55.8 Å². The molecule has 7 heteroatoms. The Morgan fingerprint density at radius 2 is 1.82 bits per heavy atom. The SMILES string of the molecule is C.CC.CCN(CCOC(=O)CCCCC1CCSS1)CC(=O)OC(C)(C)C. The third-order valence-corrected chi connectivity index (χ3v) is 6.78. The summed E-state index contributed by atoms with van der Waals surface area (Å²) in [5, 5.41) is 0.770. The molecule has 1 aliphatic heterocycles. The smallest absolute Gasteiger partial charge is 0.320 e. The third-order valence-electron chi connectivity index (χ3n) is 3.77. The molecule has 5 nitrogen and oxygen atoms in total. The molecular formula is C21H43NO4S2. The molecule has 1 unspecified atom stereocenters. The molecule has 0 saturated carbocycles. The van der Waals surface area contributed by atoms with Crippen molar-refractivity contribution >= 4 is 33.5 Å². The van der Waals surface area contributed by atoms with Crippen molar-refractivity contribution in [2.45, 2.75) is 91.9 Å². The highest BCUT2D eigenvalue weighted by Gasteiger charge is 2.19. The maximum Gasteiger partial charge on any atom is 0.320 e. The molecule has 0 aromatic carbocycles. The number of rotatable bonds is 11. The Labute approximate surface area is 181 Å². The van der Waals surface area contributed by atoms with Gasteiger partial charge in [-0.2, -0.15) is 0 Å². The van der Waals surface area contributed by atoms with Gasteiger partial charge in [0.15, 0.2) is 0 Å². The first-order chi connectivity index (χ1) is 12.8. The van der Waals surface area contributed by atoms with Crippen LogP contribution in [0.1, 0.15) is 81.1 Å². The van der Waals surface area contributed by atoms with Gasteiger partial charge in [-0.05, 0) is 46.6 Å². The van der Waals surface area contributed by atoms with Gasteiger partial charge in [-0.25, -0.2) is 0 Å². The summed E-state index contributed by atoms with van der Waals surface area (Å²) < 4.78 is 10.6. The molecule has 0 amide bonds. The summed E-state index contributed by atoms with van der Waals surface area (Å²) >= 11 is 0. The van der Waals surface area contributed by atoms with Gasteiger partial charge in [0, 0.05) is 24.0 Å². The first-order valence-corrected chi connectivity index (χ1v) is 12.6. The van der Waals surface area contributed by atoms with Crippen LogP contribution in [0.15, 0.2) is 0 Å². The van der Waals surface area contributed by atoms with Crippen LogP contribution in [0.2, 0.25) is 0 Å². The van der Waals surface area contributed by atoms with E-state index in [2.05, 4.69) is 0 Å². The highest BCUT2D eigenvalue weighted by atomic mass is 33.1. The molecule has 0 radical (unpaired) electrons. The molecule has 1 saturated heterocycles. The van der Waals surface area contributed by atoms with E-state index in [0.717, 1.165) is 18.1 Å². The molecule has 0 aromatic heterocycles. The van der Waals surface area contributed by atoms with E-state index >= 15 is 0 Å². The van der Waals surface area contributed by atoms with Crippen molar-refractivity contribution in [2.24, 2.45) is 0 Å². The van der Waals surface area contributed by atoms with Crippen LogP contribution in [0.4, 0.5) is 0 Å². The molecular weight excluding hydrogens is 394 g/mol. The number of unbranched alkanes of at least 4 members (excludes halogenated alkanes) is 1. The van der Waals surface area contributed by atoms with Crippen LogP contribution in [0.3, 0.4) is 0 Å². The second-order valence-corrected chi connectivity index (χ2v) is 10.0. The molecule has 0 aromatic rings. The van der Waals surface area contributed by atoms with E-state index in [4.69, 9.17) is 9.47 Å². The summed E-state index contributed by atoms with van der Waals surface area (Å²) in [6.07, 6.45) is 4.97. The molecule has 1 atom stereocenters. The lowest BCUT2D eigenvalue weighted by molar-refractivity contribution is -0.156. The van der Waals surface area contributed by atoms with Crippen molar-refractivity contribution < 1.29 is 19.1 Å². The molecule has 0 spiro atoms. The monoisotopic (exact) mass is 437 g/mol. The van der Waals surface area contributed by atoms with Crippen molar-refractivity contribution in [1.82, 2.24) is 4.90 Å². The van der Waals surface area contributed by atoms with Gasteiger partial charge >= 0.3 is 11.9 Å². The quantitative estimate of drug-likeness (QED) is 0.238. The number of carbonyl (C=O) groups excluding carboxylic acids is 2. The number of carbonyl (C=O) groups is 2. The summed E-state index contributed by atoms with van der Waals surface area (Å²) in [4.78, 5) is 25.5. The van der Waals surface area contributed by atoms with E-state index in [9.17, 15) is 9.59 Å². The van der Waals surface area contributed by atoms with Crippen molar-refractivity contribution in [3.63, 3.8) is 0 Å². The average Bonchev–Trinajstić information content (AvgIpc) is 3.11. The van der Waals surface area contributed by atoms with Crippen molar-refractivity contribution in [3.8, 4) is 0 Å². The predicted molar refractivity (Wildman–Crippen MR) is 124 cm³/mol. The third kappa shape index (κ3) is 16.5. The molecule has 1 heterocycles. The second-order valence-electron chi connectivity index (χ2n) is 7.25. The highest BCUT2D eigenvalue weighted by Crippen LogP contribution is 2.39. The van der Waals surface area contributed by atoms with Gasteiger partial charge in [0.25, 0.3) is 0 Å². The number of hydrogen-bond donors (Lipinski definition) is 0. The normalized spacial score (nSPS) is 16.0. The maximum atomic E-state index is 11.8. The van der Waals surface area contributed by atoms with Crippen molar-refractivity contribution in [3.05, 3.63) is 0 Å². The molecule has 0 N–H and O–H groups in total. The standard InChI is InChI=1S/C18H33NO4S2.C2H6.CH4/c1-5-19(14-17(21)23-18(2,3)4)11-12-22-16(20)9-7-6-8-15-10-13-24-25-15;1-2;/h15H,5-14H2,1-4H3;1-2H3;1H4. The molecule has 28 heavy (non-hydrogen) atoms. The first-order valence-electron chi connectivity index (χ1n) is 10.2. The Morgan fingerprint density at radius 1 is 1.14 bits per heavy atom. The van der Waals surface area contributed by atoms with Gasteiger partial charge in [0.1, 0.15) is 12.2 Å². The summed E-state index contributed by atoms with van der Waals surface area (Å²) in [5.41, 5.74) is -0.474. The fourth-order valence-electron chi connectivity index (χ4n) is 2.47. The lowest BCUT2D eigenvalue weighted by Gasteiger charge is -2.23. The van der Waals surface area contributed by atoms with E-state index in [1.165, 1.54) is 18.6 Å². The second kappa shape index (κ2) is 17.5. The minimum atomic E-state index is -0.474. The Hall–Kier alpha value is -0.400. The fourth-order valence-corrected chi connectivity index (χ4v) is 5.50. The molecule has 0 bridgehead atoms. The summed E-state index contributed by atoms with van der Waals surface area (Å²) in [7, 11) is 3.94. The number of likely N-dealkylation sites (N-methyl/N-ethyl adjacent to an activating group) is 1. The lowest BCUT2D eigenvalue weighted by atomic mass is 10.1. The van der Waals surface area contributed by atoms with Crippen LogP contribution in [0, 0.1) is 0 Å². The summed E-state index contributed by atoms with van der Waals surface area (Å²) in [6.45, 7) is 13.4. The van der Waals surface area contributed by atoms with E-state index in [1.807, 2.05) is 68.0 Å². The molecule has 1 aliphatic rings. The number of nitrogens with zero attached hydrogens (tertiary/aromatic N) is 1. The van der Waals surface area contributed by atoms with Crippen LogP contribution in [0.5, 0.6) is 0 Å². The van der Waals surface area contributed by atoms with Crippen LogP contribution in [-0.2, 0) is 19.1 Å². The number of ether oxygens (including phenoxy) is 2. The Bertz CT molecular complexity index is 408. The molecule has 1 fully saturated rings. The van der Waals surface area contributed by atoms with Gasteiger partial charge in [-0.1, -0.05) is 56.2 Å². The van der Waals surface area contributed by atoms with Crippen LogP contribution in [-0.4, -0.2) is 59.7 Å². The zero-order valence-corrected chi connectivity index (χ0v) is 19.7. The zero-order chi connectivity index (χ0) is 20.7. The van der Waals surface area contributed by atoms with Crippen LogP contribution >= 0.6 is 21.6 Å². The Morgan fingerprint density at radius 3 is 2.36 bits per heavy atom. The molecule has 1 rings (SSSR count). The minimum Gasteiger partial charge on any atom is -0.464 e. The number of hydrogen-bond acceptors (Lipinski definition) is 7. The van der Waals surface area contributed by atoms with E-state index in [0.29, 0.717) is 26.1 Å². The minimum absolute atomic E-state index is 0. The van der Waals surface area contributed by atoms with Gasteiger partial charge in [0.2, 0.25) is 0 Å². The fraction of sp³-hybridized carbons (Fsp3) is 0.905. The van der Waals surface area contributed by atoms with Gasteiger partial charge in [0.05, 0.1) is 6.54 Å². The van der Waals surface area contributed by atoms with Gasteiger partial charge in [-0.15, -0.1) is 0 Å². The average molecular weight is 438 g/mol. The zero-order valence-electron chi connectivity index (χ0n) is 18.0. The predicted octanol–water partition coefficient (Wildman–Crippen LogP) is 5.57. The number of esters is 2. The van der Waals surface area contributed by atoms with Gasteiger partial charge in [-0.3, -0.25) is 14.5 Å². The van der Waals surface area contributed by atoms with E-state index in [-0.39, 0.29) is 25.9 Å². The molecule has 0 aliphatic carbocycles. The summed E-state index contributed by atoms with van der Waals surface area (Å²) in [5.74, 6) is 0.875. The maximum absolute atomic E-state index is 11.8. The van der Waals surface area contributed by atoms with Crippen LogP contribution < -0.4 is 0 Å². The van der Waals surface area contributed by atoms with Crippen molar-refractivity contribution in [1.29, 1.82) is 0 Å². The largest absolute Gasteiger partial charge is 0.464 e. The van der Waals surface area contributed by atoms with Crippen LogP contribution in [0.25, 0.3) is 0 Å². The molecule has 168 valence electrons.